The molecular weight excluding hydrogens is 422 g/mol. The van der Waals surface area contributed by atoms with E-state index in [1.165, 1.54) is 16.9 Å². The summed E-state index contributed by atoms with van der Waals surface area (Å²) in [5.41, 5.74) is 0.519. The summed E-state index contributed by atoms with van der Waals surface area (Å²) < 4.78 is 21.3. The SMILES string of the molecule is CCOCCc1ccc(OCCN=c2nc3[nH]c4scc(oc(=O)c(=O)o3)c24)c(C)c1. The first-order valence-corrected chi connectivity index (χ1v) is 10.7. The van der Waals surface area contributed by atoms with Crippen LogP contribution < -0.4 is 21.5 Å². The number of ether oxygens (including phenoxy) is 2. The lowest BCUT2D eigenvalue weighted by atomic mass is 10.1. The van der Waals surface area contributed by atoms with Crippen LogP contribution in [0.5, 0.6) is 5.75 Å². The standard InChI is InChI=1S/C21H21N3O6S/c1-3-27-8-6-13-4-5-14(12(2)10-13)28-9-7-22-17-16-15-11-31-18(16)24-21(23-17)30-20(26)19(25)29-15/h4-5,10-11H,3,6-9H2,1-2H3,(H,22,23,24). The van der Waals surface area contributed by atoms with E-state index >= 15 is 0 Å². The van der Waals surface area contributed by atoms with Crippen molar-refractivity contribution in [2.24, 2.45) is 4.99 Å². The largest absolute Gasteiger partial charge is 0.491 e. The molecule has 0 spiro atoms. The van der Waals surface area contributed by atoms with Gasteiger partial charge in [0.05, 0.1) is 18.5 Å². The van der Waals surface area contributed by atoms with Crippen molar-refractivity contribution < 1.29 is 18.3 Å². The highest BCUT2D eigenvalue weighted by Crippen LogP contribution is 2.21. The van der Waals surface area contributed by atoms with Gasteiger partial charge in [0, 0.05) is 12.0 Å². The Hall–Kier alpha value is -3.24. The topological polar surface area (TPSA) is 120 Å². The second-order valence-corrected chi connectivity index (χ2v) is 7.61. The first-order chi connectivity index (χ1) is 15.0. The van der Waals surface area contributed by atoms with Crippen LogP contribution in [-0.4, -0.2) is 36.3 Å². The normalized spacial score (nSPS) is 12.1. The van der Waals surface area contributed by atoms with E-state index in [4.69, 9.17) is 18.3 Å². The molecule has 4 bridgehead atoms. The molecule has 9 nitrogen and oxygen atoms in total. The van der Waals surface area contributed by atoms with E-state index in [0.717, 1.165) is 17.7 Å². The van der Waals surface area contributed by atoms with E-state index in [9.17, 15) is 9.59 Å². The second-order valence-electron chi connectivity index (χ2n) is 6.73. The third-order valence-corrected chi connectivity index (χ3v) is 5.43. The Morgan fingerprint density at radius 2 is 2.03 bits per heavy atom. The zero-order chi connectivity index (χ0) is 21.8. The third kappa shape index (κ3) is 4.75. The van der Waals surface area contributed by atoms with E-state index in [1.807, 2.05) is 26.0 Å². The monoisotopic (exact) mass is 443 g/mol. The number of fused-ring (bicyclic) bond motifs is 4. The molecule has 5 aromatic rings. The molecule has 0 unspecified atom stereocenters. The van der Waals surface area contributed by atoms with Gasteiger partial charge in [0.1, 0.15) is 17.2 Å². The number of nitrogens with zero attached hydrogens (tertiary/aromatic N) is 2. The van der Waals surface area contributed by atoms with Crippen molar-refractivity contribution in [3.05, 3.63) is 61.0 Å². The number of H-pyrrole nitrogens is 1. The summed E-state index contributed by atoms with van der Waals surface area (Å²) in [6.07, 6.45) is 0.859. The maximum atomic E-state index is 11.8. The summed E-state index contributed by atoms with van der Waals surface area (Å²) in [6, 6.07) is 6.06. The van der Waals surface area contributed by atoms with Crippen LogP contribution in [0.2, 0.25) is 0 Å². The number of benzene rings is 1. The molecule has 0 radical (unpaired) electrons. The van der Waals surface area contributed by atoms with Gasteiger partial charge >= 0.3 is 17.1 Å². The quantitative estimate of drug-likeness (QED) is 0.328. The highest BCUT2D eigenvalue weighted by molar-refractivity contribution is 7.17. The molecule has 0 aliphatic rings. The molecule has 0 aliphatic carbocycles. The minimum atomic E-state index is -1.14. The summed E-state index contributed by atoms with van der Waals surface area (Å²) in [4.78, 5) is 35.6. The van der Waals surface area contributed by atoms with Gasteiger partial charge in [-0.15, -0.1) is 11.3 Å². The summed E-state index contributed by atoms with van der Waals surface area (Å²) in [5, 5.41) is 2.14. The van der Waals surface area contributed by atoms with Crippen LogP contribution in [0.15, 0.2) is 47.0 Å². The van der Waals surface area contributed by atoms with Gasteiger partial charge in [0.2, 0.25) is 0 Å². The summed E-state index contributed by atoms with van der Waals surface area (Å²) >= 11 is 1.30. The number of hydrogen-bond acceptors (Lipinski definition) is 9. The molecule has 0 amide bonds. The van der Waals surface area contributed by atoms with Gasteiger partial charge in [0.25, 0.3) is 0 Å². The molecule has 1 aromatic carbocycles. The first-order valence-electron chi connectivity index (χ1n) is 9.81. The molecule has 0 atom stereocenters. The van der Waals surface area contributed by atoms with E-state index in [1.54, 1.807) is 5.38 Å². The van der Waals surface area contributed by atoms with Gasteiger partial charge in [-0.3, -0.25) is 9.98 Å². The molecule has 162 valence electrons. The highest BCUT2D eigenvalue weighted by Gasteiger charge is 2.10. The molecule has 0 fully saturated rings. The van der Waals surface area contributed by atoms with E-state index in [2.05, 4.69) is 21.0 Å². The van der Waals surface area contributed by atoms with Crippen molar-refractivity contribution >= 4 is 33.0 Å². The first kappa shape index (κ1) is 21.0. The Morgan fingerprint density at radius 1 is 1.19 bits per heavy atom. The number of aromatic amines is 1. The third-order valence-electron chi connectivity index (χ3n) is 4.56. The Bertz CT molecular complexity index is 1400. The number of nitrogens with one attached hydrogen (secondary N) is 1. The number of aryl methyl sites for hydroxylation is 1. The number of hydrogen-bond donors (Lipinski definition) is 1. The smallest absolute Gasteiger partial charge is 0.425 e. The lowest BCUT2D eigenvalue weighted by Gasteiger charge is -2.10. The van der Waals surface area contributed by atoms with Crippen molar-refractivity contribution in [3.8, 4) is 5.75 Å². The minimum absolute atomic E-state index is 0.108. The van der Waals surface area contributed by atoms with Crippen molar-refractivity contribution in [3.63, 3.8) is 0 Å². The molecule has 0 saturated heterocycles. The minimum Gasteiger partial charge on any atom is -0.491 e. The summed E-state index contributed by atoms with van der Waals surface area (Å²) in [7, 11) is 0. The van der Waals surface area contributed by atoms with Crippen LogP contribution in [-0.2, 0) is 11.2 Å². The highest BCUT2D eigenvalue weighted by atomic mass is 32.1. The summed E-state index contributed by atoms with van der Waals surface area (Å²) in [6.45, 7) is 6.03. The Morgan fingerprint density at radius 3 is 2.84 bits per heavy atom. The zero-order valence-electron chi connectivity index (χ0n) is 17.1. The summed E-state index contributed by atoms with van der Waals surface area (Å²) in [5.74, 6) is 0.676. The van der Waals surface area contributed by atoms with Gasteiger partial charge < -0.3 is 18.3 Å². The van der Waals surface area contributed by atoms with Crippen LogP contribution in [0, 0.1) is 6.92 Å². The number of rotatable bonds is 8. The van der Waals surface area contributed by atoms with Crippen LogP contribution in [0.3, 0.4) is 0 Å². The Kier molecular flexibility index (Phi) is 6.28. The van der Waals surface area contributed by atoms with Gasteiger partial charge in [-0.2, -0.15) is 4.98 Å². The fourth-order valence-corrected chi connectivity index (χ4v) is 3.95. The lowest BCUT2D eigenvalue weighted by molar-refractivity contribution is 0.151. The Labute approximate surface area is 180 Å². The van der Waals surface area contributed by atoms with Gasteiger partial charge in [-0.1, -0.05) is 12.1 Å². The van der Waals surface area contributed by atoms with Crippen molar-refractivity contribution in [2.75, 3.05) is 26.4 Å². The lowest BCUT2D eigenvalue weighted by Crippen LogP contribution is -2.19. The van der Waals surface area contributed by atoms with E-state index in [0.29, 0.717) is 42.1 Å². The average molecular weight is 443 g/mol. The van der Waals surface area contributed by atoms with Gasteiger partial charge in [-0.25, -0.2) is 9.59 Å². The molecular formula is C21H21N3O6S. The molecule has 0 aliphatic heterocycles. The van der Waals surface area contributed by atoms with Crippen LogP contribution in [0.25, 0.3) is 21.6 Å². The van der Waals surface area contributed by atoms with Crippen LogP contribution >= 0.6 is 11.3 Å². The van der Waals surface area contributed by atoms with E-state index in [-0.39, 0.29) is 11.4 Å². The van der Waals surface area contributed by atoms with Crippen molar-refractivity contribution in [1.82, 2.24) is 9.97 Å². The average Bonchev–Trinajstić information content (AvgIpc) is 3.17. The molecule has 1 N–H and O–H groups in total. The second kappa shape index (κ2) is 9.27. The molecule has 31 heavy (non-hydrogen) atoms. The molecule has 4 aromatic heterocycles. The fourth-order valence-electron chi connectivity index (χ4n) is 3.10. The zero-order valence-corrected chi connectivity index (χ0v) is 17.9. The number of thiophene rings is 1. The van der Waals surface area contributed by atoms with Crippen LogP contribution in [0.1, 0.15) is 18.1 Å². The van der Waals surface area contributed by atoms with Gasteiger partial charge in [-0.05, 0) is 37.5 Å². The number of aromatic nitrogens is 2. The predicted octanol–water partition coefficient (Wildman–Crippen LogP) is 2.55. The van der Waals surface area contributed by atoms with Gasteiger partial charge in [0.15, 0.2) is 11.1 Å². The molecule has 0 saturated carbocycles. The van der Waals surface area contributed by atoms with E-state index < -0.39 is 11.3 Å². The van der Waals surface area contributed by atoms with Crippen molar-refractivity contribution in [2.45, 2.75) is 20.3 Å². The Balaban J connectivity index is 1.53. The maximum absolute atomic E-state index is 11.8. The molecule has 5 rings (SSSR count). The maximum Gasteiger partial charge on any atom is 0.425 e. The van der Waals surface area contributed by atoms with Crippen LogP contribution in [0.4, 0.5) is 0 Å². The fraction of sp³-hybridized carbons (Fsp3) is 0.333. The predicted molar refractivity (Wildman–Crippen MR) is 116 cm³/mol. The molecule has 4 heterocycles. The van der Waals surface area contributed by atoms with Crippen molar-refractivity contribution in [1.29, 1.82) is 0 Å². The molecule has 10 heteroatoms.